The van der Waals surface area contributed by atoms with Crippen LogP contribution in [0.3, 0.4) is 0 Å². The van der Waals surface area contributed by atoms with Gasteiger partial charge in [0.05, 0.1) is 14.2 Å². The number of rotatable bonds is 11. The second-order valence-corrected chi connectivity index (χ2v) is 9.39. The highest BCUT2D eigenvalue weighted by atomic mass is 16.5. The first kappa shape index (κ1) is 33.7. The summed E-state index contributed by atoms with van der Waals surface area (Å²) < 4.78 is 10.3. The van der Waals surface area contributed by atoms with Crippen molar-refractivity contribution in [3.8, 4) is 0 Å². The first-order valence-corrected chi connectivity index (χ1v) is 13.2. The summed E-state index contributed by atoms with van der Waals surface area (Å²) in [5, 5.41) is 6.50. The van der Waals surface area contributed by atoms with E-state index in [2.05, 4.69) is 69.2 Å². The highest BCUT2D eigenvalue weighted by Crippen LogP contribution is 2.19. The SMILES string of the molecule is CCCC(C)CC.CCNC(=NCCCN(C)C)OC.COC(NC1CCCCC1)=C(C)C. The van der Waals surface area contributed by atoms with E-state index in [0.29, 0.717) is 12.1 Å². The molecule has 0 aromatic heterocycles. The molecule has 1 saturated carbocycles. The Morgan fingerprint density at radius 2 is 1.67 bits per heavy atom. The normalized spacial score (nSPS) is 14.8. The van der Waals surface area contributed by atoms with Crippen LogP contribution < -0.4 is 10.6 Å². The minimum Gasteiger partial charge on any atom is -0.483 e. The molecule has 0 amide bonds. The van der Waals surface area contributed by atoms with E-state index in [1.165, 1.54) is 56.9 Å². The van der Waals surface area contributed by atoms with E-state index >= 15 is 0 Å². The molecule has 0 radical (unpaired) electrons. The summed E-state index contributed by atoms with van der Waals surface area (Å²) in [5.41, 5.74) is 1.23. The fourth-order valence-corrected chi connectivity index (χ4v) is 3.45. The first-order valence-electron chi connectivity index (χ1n) is 13.2. The summed E-state index contributed by atoms with van der Waals surface area (Å²) in [6, 6.07) is 1.28. The number of hydrogen-bond acceptors (Lipinski definition) is 5. The predicted octanol–water partition coefficient (Wildman–Crippen LogP) is 6.19. The van der Waals surface area contributed by atoms with Gasteiger partial charge in [-0.25, -0.2) is 4.99 Å². The van der Waals surface area contributed by atoms with E-state index in [9.17, 15) is 0 Å². The van der Waals surface area contributed by atoms with Gasteiger partial charge in [0.25, 0.3) is 6.02 Å². The van der Waals surface area contributed by atoms with Crippen LogP contribution in [0, 0.1) is 5.92 Å². The fourth-order valence-electron chi connectivity index (χ4n) is 3.45. The molecule has 2 N–H and O–H groups in total. The lowest BCUT2D eigenvalue weighted by molar-refractivity contribution is 0.231. The van der Waals surface area contributed by atoms with Gasteiger partial charge in [-0.1, -0.05) is 59.3 Å². The molecule has 198 valence electrons. The fraction of sp³-hybridized carbons (Fsp3) is 0.889. The molecule has 0 bridgehead atoms. The molecule has 0 saturated heterocycles. The van der Waals surface area contributed by atoms with Crippen LogP contribution in [0.2, 0.25) is 0 Å². The van der Waals surface area contributed by atoms with Crippen molar-refractivity contribution in [2.24, 2.45) is 10.9 Å². The quantitative estimate of drug-likeness (QED) is 0.163. The van der Waals surface area contributed by atoms with Crippen molar-refractivity contribution in [3.63, 3.8) is 0 Å². The largest absolute Gasteiger partial charge is 0.483 e. The molecule has 1 rings (SSSR count). The van der Waals surface area contributed by atoms with Crippen LogP contribution in [0.1, 0.15) is 99.3 Å². The van der Waals surface area contributed by atoms with Crippen molar-refractivity contribution in [3.05, 3.63) is 11.5 Å². The third-order valence-corrected chi connectivity index (χ3v) is 5.62. The average Bonchev–Trinajstić information content (AvgIpc) is 2.80. The van der Waals surface area contributed by atoms with Gasteiger partial charge in [0.2, 0.25) is 0 Å². The summed E-state index contributed by atoms with van der Waals surface area (Å²) in [7, 11) is 7.49. The van der Waals surface area contributed by atoms with Gasteiger partial charge >= 0.3 is 0 Å². The highest BCUT2D eigenvalue weighted by molar-refractivity contribution is 5.73. The smallest absolute Gasteiger partial charge is 0.284 e. The summed E-state index contributed by atoms with van der Waals surface area (Å²) in [5.74, 6) is 1.91. The number of nitrogens with zero attached hydrogens (tertiary/aromatic N) is 2. The number of ether oxygens (including phenoxy) is 2. The molecular weight excluding hydrogens is 412 g/mol. The summed E-state index contributed by atoms with van der Waals surface area (Å²) in [6.45, 7) is 15.7. The minimum absolute atomic E-state index is 0.638. The van der Waals surface area contributed by atoms with Crippen molar-refractivity contribution in [2.45, 2.75) is 105 Å². The third-order valence-electron chi connectivity index (χ3n) is 5.62. The summed E-state index contributed by atoms with van der Waals surface area (Å²) in [6.07, 6.45) is 11.8. The Morgan fingerprint density at radius 3 is 2.06 bits per heavy atom. The van der Waals surface area contributed by atoms with Gasteiger partial charge in [0.1, 0.15) is 0 Å². The lowest BCUT2D eigenvalue weighted by atomic mass is 9.95. The number of methoxy groups -OCH3 is 2. The van der Waals surface area contributed by atoms with E-state index in [1.807, 2.05) is 6.92 Å². The maximum Gasteiger partial charge on any atom is 0.284 e. The molecule has 1 aliphatic rings. The van der Waals surface area contributed by atoms with Crippen molar-refractivity contribution >= 4 is 6.02 Å². The van der Waals surface area contributed by atoms with E-state index < -0.39 is 0 Å². The maximum absolute atomic E-state index is 5.28. The molecule has 1 aliphatic carbocycles. The molecular formula is C27H58N4O2. The molecule has 0 aromatic carbocycles. The monoisotopic (exact) mass is 470 g/mol. The molecule has 0 aliphatic heterocycles. The molecule has 33 heavy (non-hydrogen) atoms. The Balaban J connectivity index is 0. The van der Waals surface area contributed by atoms with Crippen molar-refractivity contribution in [1.29, 1.82) is 0 Å². The Kier molecular flexibility index (Phi) is 24.3. The molecule has 1 unspecified atom stereocenters. The Labute approximate surface area is 207 Å². The van der Waals surface area contributed by atoms with E-state index in [-0.39, 0.29) is 0 Å². The molecule has 0 spiro atoms. The van der Waals surface area contributed by atoms with Gasteiger partial charge in [-0.05, 0) is 72.2 Å². The van der Waals surface area contributed by atoms with Crippen LogP contribution in [0.5, 0.6) is 0 Å². The third kappa shape index (κ3) is 22.1. The van der Waals surface area contributed by atoms with Crippen LogP contribution >= 0.6 is 0 Å². The van der Waals surface area contributed by atoms with Crippen LogP contribution in [0.25, 0.3) is 0 Å². The predicted molar refractivity (Wildman–Crippen MR) is 146 cm³/mol. The van der Waals surface area contributed by atoms with Gasteiger partial charge in [-0.3, -0.25) is 0 Å². The molecule has 6 heteroatoms. The van der Waals surface area contributed by atoms with Gasteiger partial charge in [0.15, 0.2) is 5.88 Å². The van der Waals surface area contributed by atoms with Crippen molar-refractivity contribution in [2.75, 3.05) is 47.9 Å². The van der Waals surface area contributed by atoms with E-state index in [0.717, 1.165) is 37.9 Å². The minimum atomic E-state index is 0.638. The summed E-state index contributed by atoms with van der Waals surface area (Å²) >= 11 is 0. The second kappa shape index (κ2) is 23.7. The maximum atomic E-state index is 5.28. The summed E-state index contributed by atoms with van der Waals surface area (Å²) in [4.78, 5) is 6.41. The Hall–Kier alpha value is -1.43. The van der Waals surface area contributed by atoms with Crippen LogP contribution in [-0.4, -0.2) is 64.9 Å². The number of allylic oxidation sites excluding steroid dienone is 1. The van der Waals surface area contributed by atoms with Crippen LogP contribution in [0.15, 0.2) is 16.4 Å². The lowest BCUT2D eigenvalue weighted by Gasteiger charge is -2.25. The zero-order chi connectivity index (χ0) is 25.5. The molecule has 6 nitrogen and oxygen atoms in total. The Bertz CT molecular complexity index is 483. The molecule has 1 atom stereocenters. The number of hydrogen-bond donors (Lipinski definition) is 2. The van der Waals surface area contributed by atoms with E-state index in [1.54, 1.807) is 14.2 Å². The number of nitrogens with one attached hydrogen (secondary N) is 2. The van der Waals surface area contributed by atoms with E-state index in [4.69, 9.17) is 9.47 Å². The average molecular weight is 471 g/mol. The lowest BCUT2D eigenvalue weighted by Crippen LogP contribution is -2.31. The number of aliphatic imine (C=N–C) groups is 1. The molecule has 1 fully saturated rings. The van der Waals surface area contributed by atoms with Gasteiger partial charge < -0.3 is 25.0 Å². The van der Waals surface area contributed by atoms with Gasteiger partial charge in [0, 0.05) is 19.1 Å². The molecule has 0 heterocycles. The topological polar surface area (TPSA) is 58.1 Å². The van der Waals surface area contributed by atoms with Crippen LogP contribution in [-0.2, 0) is 9.47 Å². The highest BCUT2D eigenvalue weighted by Gasteiger charge is 2.14. The van der Waals surface area contributed by atoms with Crippen molar-refractivity contribution < 1.29 is 9.47 Å². The first-order chi connectivity index (χ1) is 15.7. The van der Waals surface area contributed by atoms with Crippen molar-refractivity contribution in [1.82, 2.24) is 15.5 Å². The zero-order valence-corrected chi connectivity index (χ0v) is 23.9. The molecule has 0 aromatic rings. The second-order valence-electron chi connectivity index (χ2n) is 9.39. The van der Waals surface area contributed by atoms with Gasteiger partial charge in [-0.15, -0.1) is 0 Å². The standard InChI is InChI=1S/C11H21NO.C9H21N3O.C7H16/c1-9(2)11(13-3)12-10-7-5-4-6-8-10;1-5-10-9(13-4)11-7-6-8-12(2)3;1-4-6-7(3)5-2/h10,12H,4-8H2,1-3H3;5-8H2,1-4H3,(H,10,11);7H,4-6H2,1-3H3. The van der Waals surface area contributed by atoms with Gasteiger partial charge in [-0.2, -0.15) is 0 Å². The van der Waals surface area contributed by atoms with Crippen LogP contribution in [0.4, 0.5) is 0 Å². The number of amidine groups is 1. The Morgan fingerprint density at radius 1 is 1.03 bits per heavy atom. The zero-order valence-electron chi connectivity index (χ0n) is 23.9.